The first-order valence-corrected chi connectivity index (χ1v) is 11.8. The highest BCUT2D eigenvalue weighted by molar-refractivity contribution is 5.88. The van der Waals surface area contributed by atoms with Crippen LogP contribution in [0.3, 0.4) is 0 Å². The summed E-state index contributed by atoms with van der Waals surface area (Å²) < 4.78 is 1.38. The molecule has 0 aliphatic heterocycles. The molecule has 0 aliphatic rings. The second-order valence-electron chi connectivity index (χ2n) is 9.33. The van der Waals surface area contributed by atoms with Gasteiger partial charge in [0.25, 0.3) is 5.91 Å². The Labute approximate surface area is 206 Å². The molecule has 2 rings (SSSR count). The number of benzene rings is 1. The van der Waals surface area contributed by atoms with E-state index in [4.69, 9.17) is 0 Å². The van der Waals surface area contributed by atoms with Crippen molar-refractivity contribution in [2.75, 3.05) is 6.54 Å². The zero-order valence-corrected chi connectivity index (χ0v) is 20.8. The van der Waals surface area contributed by atoms with Crippen molar-refractivity contribution in [3.05, 3.63) is 54.6 Å². The predicted molar refractivity (Wildman–Crippen MR) is 131 cm³/mol. The van der Waals surface area contributed by atoms with Gasteiger partial charge in [0.1, 0.15) is 19.2 Å². The largest absolute Gasteiger partial charge is 0.289 e. The highest BCUT2D eigenvalue weighted by Crippen LogP contribution is 2.25. The van der Waals surface area contributed by atoms with Crippen LogP contribution in [0.2, 0.25) is 0 Å². The molecule has 0 aliphatic carbocycles. The summed E-state index contributed by atoms with van der Waals surface area (Å²) in [5.74, 6) is -2.86. The quantitative estimate of drug-likeness (QED) is 0.314. The van der Waals surface area contributed by atoms with Crippen LogP contribution in [0.5, 0.6) is 0 Å². The van der Waals surface area contributed by atoms with Gasteiger partial charge in [-0.3, -0.25) is 30.0 Å². The molecule has 10 heteroatoms. The molecular formula is C25H36N6O4. The topological polar surface area (TPSA) is 129 Å². The van der Waals surface area contributed by atoms with Crippen LogP contribution in [0.4, 0.5) is 0 Å². The number of hydrogen-bond acceptors (Lipinski definition) is 6. The molecule has 2 aromatic rings. The Morgan fingerprint density at radius 2 is 1.77 bits per heavy atom. The number of aromatic nitrogens is 3. The molecule has 2 atom stereocenters. The van der Waals surface area contributed by atoms with Gasteiger partial charge in [-0.05, 0) is 30.2 Å². The van der Waals surface area contributed by atoms with Crippen molar-refractivity contribution in [1.29, 1.82) is 0 Å². The van der Waals surface area contributed by atoms with Crippen LogP contribution in [-0.2, 0) is 20.9 Å². The molecule has 0 unspecified atom stereocenters. The van der Waals surface area contributed by atoms with E-state index in [1.807, 2.05) is 70.2 Å². The molecule has 0 radical (unpaired) electrons. The van der Waals surface area contributed by atoms with Crippen LogP contribution < -0.4 is 10.9 Å². The molecule has 1 heterocycles. The number of carbonyl (C=O) groups excluding carboxylic acids is 3. The minimum absolute atomic E-state index is 0.0811. The lowest BCUT2D eigenvalue weighted by molar-refractivity contribution is -0.148. The maximum absolute atomic E-state index is 13.4. The molecule has 0 bridgehead atoms. The van der Waals surface area contributed by atoms with E-state index in [0.717, 1.165) is 5.56 Å². The molecule has 3 N–H and O–H groups in total. The van der Waals surface area contributed by atoms with Gasteiger partial charge in [0, 0.05) is 6.54 Å². The van der Waals surface area contributed by atoms with E-state index in [1.54, 1.807) is 5.48 Å². The van der Waals surface area contributed by atoms with Crippen LogP contribution in [-0.4, -0.2) is 49.2 Å². The van der Waals surface area contributed by atoms with Gasteiger partial charge in [-0.15, -0.1) is 0 Å². The van der Waals surface area contributed by atoms with E-state index >= 15 is 0 Å². The number of nitrogens with one attached hydrogen (secondary N) is 2. The van der Waals surface area contributed by atoms with E-state index in [2.05, 4.69) is 15.5 Å². The zero-order chi connectivity index (χ0) is 25.8. The van der Waals surface area contributed by atoms with Crippen LogP contribution >= 0.6 is 0 Å². The first kappa shape index (κ1) is 27.7. The van der Waals surface area contributed by atoms with Crippen LogP contribution in [0.25, 0.3) is 6.08 Å². The van der Waals surface area contributed by atoms with E-state index in [1.165, 1.54) is 22.3 Å². The molecule has 0 fully saturated rings. The summed E-state index contributed by atoms with van der Waals surface area (Å²) >= 11 is 0. The number of allylic oxidation sites excluding steroid dienone is 1. The number of hydrazine groups is 1. The van der Waals surface area contributed by atoms with Crippen molar-refractivity contribution >= 4 is 23.8 Å². The molecule has 1 aromatic heterocycles. The van der Waals surface area contributed by atoms with Crippen molar-refractivity contribution in [3.63, 3.8) is 0 Å². The monoisotopic (exact) mass is 484 g/mol. The van der Waals surface area contributed by atoms with Gasteiger partial charge in [0.15, 0.2) is 0 Å². The van der Waals surface area contributed by atoms with E-state index in [-0.39, 0.29) is 30.7 Å². The Hall–Kier alpha value is -3.53. The lowest BCUT2D eigenvalue weighted by Crippen LogP contribution is -2.53. The normalized spacial score (nSPS) is 13.1. The fraction of sp³-hybridized carbons (Fsp3) is 0.480. The SMILES string of the molecule is CC(C)C[C@@H](C(=O)NN(CC(C)C)C(=O)Cn1cncn1)[C@H](CC=Cc1ccccc1)C(=O)NO. The molecule has 1 aromatic carbocycles. The van der Waals surface area contributed by atoms with Crippen molar-refractivity contribution in [3.8, 4) is 0 Å². The summed E-state index contributed by atoms with van der Waals surface area (Å²) in [6.07, 6.45) is 7.08. The lowest BCUT2D eigenvalue weighted by atomic mass is 9.82. The van der Waals surface area contributed by atoms with Gasteiger partial charge in [-0.2, -0.15) is 5.10 Å². The highest BCUT2D eigenvalue weighted by atomic mass is 16.5. The van der Waals surface area contributed by atoms with Crippen molar-refractivity contribution in [1.82, 2.24) is 30.7 Å². The van der Waals surface area contributed by atoms with E-state index in [0.29, 0.717) is 13.0 Å². The summed E-state index contributed by atoms with van der Waals surface area (Å²) in [5, 5.41) is 14.6. The molecule has 35 heavy (non-hydrogen) atoms. The van der Waals surface area contributed by atoms with Gasteiger partial charge in [-0.1, -0.05) is 70.2 Å². The Bertz CT molecular complexity index is 960. The van der Waals surface area contributed by atoms with Crippen LogP contribution in [0.1, 0.15) is 46.1 Å². The minimum Gasteiger partial charge on any atom is -0.289 e. The maximum Gasteiger partial charge on any atom is 0.262 e. The molecular weight excluding hydrogens is 448 g/mol. The summed E-state index contributed by atoms with van der Waals surface area (Å²) in [6, 6.07) is 9.59. The van der Waals surface area contributed by atoms with E-state index < -0.39 is 23.7 Å². The van der Waals surface area contributed by atoms with Crippen LogP contribution in [0.15, 0.2) is 49.1 Å². The highest BCUT2D eigenvalue weighted by Gasteiger charge is 2.35. The van der Waals surface area contributed by atoms with Crippen LogP contribution in [0, 0.1) is 23.7 Å². The third-order valence-corrected chi connectivity index (χ3v) is 5.35. The lowest BCUT2D eigenvalue weighted by Gasteiger charge is -2.30. The number of carbonyl (C=O) groups is 3. The predicted octanol–water partition coefficient (Wildman–Crippen LogP) is 2.68. The number of amides is 3. The molecule has 0 saturated heterocycles. The Kier molecular flexibility index (Phi) is 11.1. The van der Waals surface area contributed by atoms with Gasteiger partial charge < -0.3 is 0 Å². The third-order valence-electron chi connectivity index (χ3n) is 5.35. The zero-order valence-electron chi connectivity index (χ0n) is 20.8. The van der Waals surface area contributed by atoms with E-state index in [9.17, 15) is 19.6 Å². The molecule has 3 amide bonds. The van der Waals surface area contributed by atoms with Crippen molar-refractivity contribution in [2.45, 2.75) is 47.1 Å². The second-order valence-corrected chi connectivity index (χ2v) is 9.33. The number of rotatable bonds is 12. The Balaban J connectivity index is 2.23. The Morgan fingerprint density at radius 1 is 1.06 bits per heavy atom. The average molecular weight is 485 g/mol. The summed E-state index contributed by atoms with van der Waals surface area (Å²) in [7, 11) is 0. The second kappa shape index (κ2) is 14.0. The molecule has 0 spiro atoms. The number of hydrogen-bond donors (Lipinski definition) is 3. The maximum atomic E-state index is 13.4. The fourth-order valence-corrected chi connectivity index (χ4v) is 3.74. The van der Waals surface area contributed by atoms with Gasteiger partial charge in [-0.25, -0.2) is 15.1 Å². The first-order valence-electron chi connectivity index (χ1n) is 11.8. The first-order chi connectivity index (χ1) is 16.7. The van der Waals surface area contributed by atoms with Gasteiger partial charge >= 0.3 is 0 Å². The number of hydroxylamine groups is 1. The number of nitrogens with zero attached hydrogens (tertiary/aromatic N) is 4. The average Bonchev–Trinajstić information content (AvgIpc) is 3.33. The molecule has 0 saturated carbocycles. The summed E-state index contributed by atoms with van der Waals surface area (Å²) in [4.78, 5) is 42.8. The smallest absolute Gasteiger partial charge is 0.262 e. The summed E-state index contributed by atoms with van der Waals surface area (Å²) in [6.45, 7) is 7.99. The molecule has 190 valence electrons. The van der Waals surface area contributed by atoms with Gasteiger partial charge in [0.2, 0.25) is 11.8 Å². The van der Waals surface area contributed by atoms with Crippen molar-refractivity contribution in [2.24, 2.45) is 23.7 Å². The molecule has 10 nitrogen and oxygen atoms in total. The fourth-order valence-electron chi connectivity index (χ4n) is 3.74. The van der Waals surface area contributed by atoms with Crippen molar-refractivity contribution < 1.29 is 19.6 Å². The minimum atomic E-state index is -0.825. The standard InChI is InChI=1S/C25H36N6O4/c1-18(2)13-22(21(25(34)29-35)12-8-11-20-9-6-5-7-10-20)24(33)28-31(14-19(3)4)23(32)15-30-17-26-16-27-30/h5-11,16-19,21-22,35H,12-15H2,1-4H3,(H,28,33)(H,29,34)/t21-,22+/m0/s1. The Morgan fingerprint density at radius 3 is 2.34 bits per heavy atom. The van der Waals surface area contributed by atoms with Gasteiger partial charge in [0.05, 0.1) is 11.8 Å². The third kappa shape index (κ3) is 9.32. The summed E-state index contributed by atoms with van der Waals surface area (Å²) in [5.41, 5.74) is 5.40.